The summed E-state index contributed by atoms with van der Waals surface area (Å²) in [4.78, 5) is 21.3. The third-order valence-corrected chi connectivity index (χ3v) is 5.66. The van der Waals surface area contributed by atoms with Gasteiger partial charge in [0.2, 0.25) is 0 Å². The Morgan fingerprint density at radius 1 is 0.639 bits per heavy atom. The molecular formula is C28H30O8. The number of hydrogen-bond donors (Lipinski definition) is 3. The number of carboxylic acids is 2. The van der Waals surface area contributed by atoms with Gasteiger partial charge in [-0.05, 0) is 65.9 Å². The molecule has 0 unspecified atom stereocenters. The Morgan fingerprint density at radius 2 is 0.972 bits per heavy atom. The fraction of sp³-hybridized carbons (Fsp3) is 0.286. The second-order valence-electron chi connectivity index (χ2n) is 8.18. The maximum Gasteiger partial charge on any atom is 0.303 e. The van der Waals surface area contributed by atoms with Crippen molar-refractivity contribution >= 4 is 11.9 Å². The lowest BCUT2D eigenvalue weighted by Gasteiger charge is -2.30. The van der Waals surface area contributed by atoms with Gasteiger partial charge < -0.3 is 29.5 Å². The molecular weight excluding hydrogens is 464 g/mol. The number of aliphatic carboxylic acids is 2. The molecule has 0 aliphatic rings. The molecule has 0 spiro atoms. The van der Waals surface area contributed by atoms with E-state index in [0.29, 0.717) is 46.8 Å². The number of hydrogen-bond acceptors (Lipinski definition) is 6. The average Bonchev–Trinajstić information content (AvgIpc) is 2.89. The fourth-order valence-corrected chi connectivity index (χ4v) is 3.74. The van der Waals surface area contributed by atoms with E-state index in [9.17, 15) is 14.7 Å². The molecule has 8 nitrogen and oxygen atoms in total. The minimum atomic E-state index is -1.49. The Kier molecular flexibility index (Phi) is 9.30. The molecule has 0 heterocycles. The zero-order valence-electron chi connectivity index (χ0n) is 20.1. The van der Waals surface area contributed by atoms with Crippen molar-refractivity contribution in [2.45, 2.75) is 31.3 Å². The van der Waals surface area contributed by atoms with Gasteiger partial charge >= 0.3 is 11.9 Å². The first-order valence-electron chi connectivity index (χ1n) is 11.6. The Bertz CT molecular complexity index is 1060. The highest BCUT2D eigenvalue weighted by atomic mass is 16.5. The summed E-state index contributed by atoms with van der Waals surface area (Å²) >= 11 is 0. The predicted octanol–water partition coefficient (Wildman–Crippen LogP) is 4.47. The van der Waals surface area contributed by atoms with Crippen LogP contribution in [-0.2, 0) is 15.2 Å². The smallest absolute Gasteiger partial charge is 0.303 e. The molecule has 3 aromatic carbocycles. The average molecular weight is 495 g/mol. The molecule has 0 aliphatic heterocycles. The molecule has 190 valence electrons. The van der Waals surface area contributed by atoms with Crippen LogP contribution >= 0.6 is 0 Å². The summed E-state index contributed by atoms with van der Waals surface area (Å²) in [6, 6.07) is 21.2. The van der Waals surface area contributed by atoms with Crippen molar-refractivity contribution in [2.75, 3.05) is 20.3 Å². The van der Waals surface area contributed by atoms with Crippen LogP contribution in [0.25, 0.3) is 0 Å². The van der Waals surface area contributed by atoms with Gasteiger partial charge in [-0.2, -0.15) is 0 Å². The number of rotatable bonds is 14. The van der Waals surface area contributed by atoms with Gasteiger partial charge in [0.1, 0.15) is 22.8 Å². The molecule has 3 rings (SSSR count). The molecule has 0 radical (unpaired) electrons. The summed E-state index contributed by atoms with van der Waals surface area (Å²) in [6.45, 7) is 0.560. The van der Waals surface area contributed by atoms with Gasteiger partial charge in [0, 0.05) is 12.8 Å². The zero-order chi connectivity index (χ0) is 26.0. The van der Waals surface area contributed by atoms with E-state index in [4.69, 9.17) is 24.4 Å². The van der Waals surface area contributed by atoms with E-state index < -0.39 is 17.5 Å². The summed E-state index contributed by atoms with van der Waals surface area (Å²) in [5, 5.41) is 29.6. The largest absolute Gasteiger partial charge is 0.497 e. The first-order chi connectivity index (χ1) is 17.3. The van der Waals surface area contributed by atoms with Crippen LogP contribution in [0.15, 0.2) is 72.8 Å². The Morgan fingerprint density at radius 3 is 1.28 bits per heavy atom. The zero-order valence-corrected chi connectivity index (χ0v) is 20.1. The minimum Gasteiger partial charge on any atom is -0.497 e. The van der Waals surface area contributed by atoms with Gasteiger partial charge in [0.15, 0.2) is 0 Å². The van der Waals surface area contributed by atoms with Crippen LogP contribution < -0.4 is 14.2 Å². The van der Waals surface area contributed by atoms with Gasteiger partial charge in [-0.1, -0.05) is 36.4 Å². The van der Waals surface area contributed by atoms with Gasteiger partial charge in [0.25, 0.3) is 0 Å². The lowest BCUT2D eigenvalue weighted by Crippen LogP contribution is -2.28. The molecule has 0 fully saturated rings. The van der Waals surface area contributed by atoms with E-state index in [0.717, 1.165) is 0 Å². The van der Waals surface area contributed by atoms with Crippen molar-refractivity contribution in [3.8, 4) is 17.2 Å². The predicted molar refractivity (Wildman–Crippen MR) is 133 cm³/mol. The SMILES string of the molecule is COc1ccc(C(O)(c2ccc(OCCCC(=O)O)cc2)c2ccc(OCCCC(=O)O)cc2)cc1. The van der Waals surface area contributed by atoms with Crippen LogP contribution in [0, 0.1) is 0 Å². The van der Waals surface area contributed by atoms with E-state index in [2.05, 4.69) is 0 Å². The van der Waals surface area contributed by atoms with Gasteiger partial charge in [0.05, 0.1) is 20.3 Å². The van der Waals surface area contributed by atoms with Gasteiger partial charge in [-0.15, -0.1) is 0 Å². The van der Waals surface area contributed by atoms with Crippen LogP contribution in [0.5, 0.6) is 17.2 Å². The number of ether oxygens (including phenoxy) is 3. The molecule has 0 atom stereocenters. The van der Waals surface area contributed by atoms with Crippen molar-refractivity contribution in [3.05, 3.63) is 89.5 Å². The number of carboxylic acid groups (broad SMARTS) is 2. The lowest BCUT2D eigenvalue weighted by molar-refractivity contribution is -0.138. The molecule has 0 saturated heterocycles. The van der Waals surface area contributed by atoms with Crippen LogP contribution in [0.2, 0.25) is 0 Å². The standard InChI is InChI=1S/C28H30O8/c1-34-23-12-6-20(7-13-23)28(33,21-8-14-24(15-9-21)35-18-2-4-26(29)30)22-10-16-25(17-11-22)36-19-3-5-27(31)32/h6-17,33H,2-5,18-19H2,1H3,(H,29,30)(H,31,32). The van der Waals surface area contributed by atoms with Gasteiger partial charge in [-0.25, -0.2) is 0 Å². The van der Waals surface area contributed by atoms with E-state index in [1.54, 1.807) is 79.9 Å². The molecule has 0 bridgehead atoms. The van der Waals surface area contributed by atoms with Crippen molar-refractivity contribution in [2.24, 2.45) is 0 Å². The molecule has 36 heavy (non-hydrogen) atoms. The highest BCUT2D eigenvalue weighted by Gasteiger charge is 2.34. The van der Waals surface area contributed by atoms with E-state index in [1.807, 2.05) is 0 Å². The summed E-state index contributed by atoms with van der Waals surface area (Å²) in [5.74, 6) is 0.0827. The summed E-state index contributed by atoms with van der Waals surface area (Å²) < 4.78 is 16.5. The first kappa shape index (κ1) is 26.6. The van der Waals surface area contributed by atoms with Crippen LogP contribution in [0.4, 0.5) is 0 Å². The third-order valence-electron chi connectivity index (χ3n) is 5.66. The highest BCUT2D eigenvalue weighted by Crippen LogP contribution is 2.38. The minimum absolute atomic E-state index is 0.0363. The molecule has 0 amide bonds. The van der Waals surface area contributed by atoms with Crippen molar-refractivity contribution < 1.29 is 39.1 Å². The number of benzene rings is 3. The number of methoxy groups -OCH3 is 1. The normalized spacial score (nSPS) is 11.1. The molecule has 3 aromatic rings. The van der Waals surface area contributed by atoms with Crippen molar-refractivity contribution in [3.63, 3.8) is 0 Å². The van der Waals surface area contributed by atoms with E-state index in [-0.39, 0.29) is 26.1 Å². The number of carbonyl (C=O) groups is 2. The lowest BCUT2D eigenvalue weighted by atomic mass is 9.80. The molecule has 0 saturated carbocycles. The Hall–Kier alpha value is -4.04. The molecule has 3 N–H and O–H groups in total. The summed E-state index contributed by atoms with van der Waals surface area (Å²) in [5.41, 5.74) is 0.366. The summed E-state index contributed by atoms with van der Waals surface area (Å²) in [6.07, 6.45) is 0.873. The molecule has 0 aromatic heterocycles. The topological polar surface area (TPSA) is 123 Å². The van der Waals surface area contributed by atoms with Gasteiger partial charge in [-0.3, -0.25) is 9.59 Å². The highest BCUT2D eigenvalue weighted by molar-refractivity contribution is 5.66. The first-order valence-corrected chi connectivity index (χ1v) is 11.6. The second-order valence-corrected chi connectivity index (χ2v) is 8.18. The van der Waals surface area contributed by atoms with Crippen molar-refractivity contribution in [1.29, 1.82) is 0 Å². The molecule has 0 aliphatic carbocycles. The summed E-state index contributed by atoms with van der Waals surface area (Å²) in [7, 11) is 1.57. The fourth-order valence-electron chi connectivity index (χ4n) is 3.74. The van der Waals surface area contributed by atoms with Crippen LogP contribution in [0.3, 0.4) is 0 Å². The monoisotopic (exact) mass is 494 g/mol. The van der Waals surface area contributed by atoms with Crippen LogP contribution in [-0.4, -0.2) is 47.6 Å². The maximum absolute atomic E-state index is 12.1. The van der Waals surface area contributed by atoms with Crippen LogP contribution in [0.1, 0.15) is 42.4 Å². The Labute approximate surface area is 209 Å². The number of aliphatic hydroxyl groups is 1. The second kappa shape index (κ2) is 12.6. The Balaban J connectivity index is 1.84. The quantitative estimate of drug-likeness (QED) is 0.222. The van der Waals surface area contributed by atoms with E-state index in [1.165, 1.54) is 0 Å². The third kappa shape index (κ3) is 6.99. The van der Waals surface area contributed by atoms with E-state index >= 15 is 0 Å². The maximum atomic E-state index is 12.1. The van der Waals surface area contributed by atoms with Crippen molar-refractivity contribution in [1.82, 2.24) is 0 Å². The molecule has 8 heteroatoms.